The number of amides is 2. The summed E-state index contributed by atoms with van der Waals surface area (Å²) in [6.07, 6.45) is 0.400. The molecule has 2 amide bonds. The highest BCUT2D eigenvalue weighted by atomic mass is 79.9. The van der Waals surface area contributed by atoms with Crippen molar-refractivity contribution in [2.45, 2.75) is 26.3 Å². The Hall–Kier alpha value is -2.14. The quantitative estimate of drug-likeness (QED) is 0.819. The van der Waals surface area contributed by atoms with Gasteiger partial charge in [0.25, 0.3) is 5.91 Å². The molecule has 0 aromatic heterocycles. The molecule has 2 aromatic rings. The smallest absolute Gasteiger partial charge is 0.251 e. The highest BCUT2D eigenvalue weighted by molar-refractivity contribution is 9.10. The first-order valence-electron chi connectivity index (χ1n) is 7.46. The summed E-state index contributed by atoms with van der Waals surface area (Å²) < 4.78 is 0.999. The average Bonchev–Trinajstić information content (AvgIpc) is 2.55. The van der Waals surface area contributed by atoms with Crippen LogP contribution in [0, 0.1) is 0 Å². The maximum absolute atomic E-state index is 12.4. The van der Waals surface area contributed by atoms with E-state index in [2.05, 4.69) is 26.6 Å². The Morgan fingerprint density at radius 2 is 1.83 bits per heavy atom. The molecule has 0 aliphatic heterocycles. The third-order valence-corrected chi connectivity index (χ3v) is 3.98. The first-order chi connectivity index (χ1) is 11.0. The fraction of sp³-hybridized carbons (Fsp3) is 0.222. The number of nitrogens with one attached hydrogen (secondary N) is 2. The van der Waals surface area contributed by atoms with Crippen molar-refractivity contribution in [1.82, 2.24) is 5.32 Å². The van der Waals surface area contributed by atoms with Crippen molar-refractivity contribution in [1.29, 1.82) is 0 Å². The number of hydrogen-bond donors (Lipinski definition) is 2. The van der Waals surface area contributed by atoms with Crippen molar-refractivity contribution in [2.75, 3.05) is 5.32 Å². The first kappa shape index (κ1) is 17.2. The lowest BCUT2D eigenvalue weighted by molar-refractivity contribution is -0.115. The largest absolute Gasteiger partial charge is 0.346 e. The fourth-order valence-electron chi connectivity index (χ4n) is 2.10. The number of anilines is 1. The molecule has 5 heteroatoms. The van der Waals surface area contributed by atoms with Gasteiger partial charge in [-0.05, 0) is 42.8 Å². The number of halogens is 1. The van der Waals surface area contributed by atoms with Crippen molar-refractivity contribution in [3.05, 3.63) is 64.1 Å². The Bertz CT molecular complexity index is 698. The fourth-order valence-corrected chi connectivity index (χ4v) is 2.37. The summed E-state index contributed by atoms with van der Waals surface area (Å²) in [6, 6.07) is 14.6. The summed E-state index contributed by atoms with van der Waals surface area (Å²) in [5.41, 5.74) is 2.17. The van der Waals surface area contributed by atoms with Gasteiger partial charge < -0.3 is 10.6 Å². The number of rotatable bonds is 5. The van der Waals surface area contributed by atoms with Crippen LogP contribution in [0.4, 0.5) is 5.69 Å². The van der Waals surface area contributed by atoms with Crippen LogP contribution < -0.4 is 10.6 Å². The number of carbonyl (C=O) groups is 2. The van der Waals surface area contributed by atoms with Gasteiger partial charge in [0, 0.05) is 22.1 Å². The summed E-state index contributed by atoms with van der Waals surface area (Å²) in [4.78, 5) is 23.8. The van der Waals surface area contributed by atoms with Crippen LogP contribution in [0.2, 0.25) is 0 Å². The summed E-state index contributed by atoms with van der Waals surface area (Å²) in [5, 5.41) is 5.71. The molecule has 0 fully saturated rings. The number of benzene rings is 2. The maximum atomic E-state index is 12.4. The molecule has 1 atom stereocenters. The van der Waals surface area contributed by atoms with E-state index in [0.717, 1.165) is 10.0 Å². The van der Waals surface area contributed by atoms with E-state index in [9.17, 15) is 9.59 Å². The lowest BCUT2D eigenvalue weighted by Crippen LogP contribution is -2.26. The molecule has 0 saturated carbocycles. The molecule has 0 aliphatic rings. The van der Waals surface area contributed by atoms with Crippen LogP contribution in [0.15, 0.2) is 53.0 Å². The van der Waals surface area contributed by atoms with Crippen LogP contribution in [0.1, 0.15) is 42.2 Å². The first-order valence-corrected chi connectivity index (χ1v) is 8.25. The van der Waals surface area contributed by atoms with Crippen molar-refractivity contribution < 1.29 is 9.59 Å². The zero-order valence-corrected chi connectivity index (χ0v) is 14.7. The van der Waals surface area contributed by atoms with E-state index in [1.54, 1.807) is 31.2 Å². The summed E-state index contributed by atoms with van der Waals surface area (Å²) in [7, 11) is 0. The monoisotopic (exact) mass is 374 g/mol. The van der Waals surface area contributed by atoms with E-state index >= 15 is 0 Å². The van der Waals surface area contributed by atoms with Crippen LogP contribution in [0.5, 0.6) is 0 Å². The second-order valence-corrected chi connectivity index (χ2v) is 6.14. The molecule has 4 nitrogen and oxygen atoms in total. The van der Waals surface area contributed by atoms with Gasteiger partial charge in [-0.1, -0.05) is 41.1 Å². The van der Waals surface area contributed by atoms with Crippen LogP contribution in [-0.2, 0) is 4.79 Å². The van der Waals surface area contributed by atoms with E-state index in [-0.39, 0.29) is 17.9 Å². The predicted molar refractivity (Wildman–Crippen MR) is 95.4 cm³/mol. The molecule has 0 saturated heterocycles. The van der Waals surface area contributed by atoms with Crippen molar-refractivity contribution in [3.8, 4) is 0 Å². The van der Waals surface area contributed by atoms with Crippen molar-refractivity contribution >= 4 is 33.4 Å². The van der Waals surface area contributed by atoms with Gasteiger partial charge in [0.2, 0.25) is 5.91 Å². The van der Waals surface area contributed by atoms with Gasteiger partial charge in [-0.3, -0.25) is 9.59 Å². The second-order valence-electron chi connectivity index (χ2n) is 5.23. The molecule has 0 aliphatic carbocycles. The molecule has 0 radical (unpaired) electrons. The summed E-state index contributed by atoms with van der Waals surface area (Å²) >= 11 is 3.39. The van der Waals surface area contributed by atoms with Crippen LogP contribution in [0.3, 0.4) is 0 Å². The Morgan fingerprint density at radius 3 is 2.48 bits per heavy atom. The average molecular weight is 375 g/mol. The van der Waals surface area contributed by atoms with Crippen molar-refractivity contribution in [3.63, 3.8) is 0 Å². The Labute approximate surface area is 144 Å². The van der Waals surface area contributed by atoms with Gasteiger partial charge in [0.15, 0.2) is 0 Å². The third kappa shape index (κ3) is 4.93. The van der Waals surface area contributed by atoms with Gasteiger partial charge in [0.05, 0.1) is 6.04 Å². The highest BCUT2D eigenvalue weighted by Crippen LogP contribution is 2.18. The van der Waals surface area contributed by atoms with Gasteiger partial charge >= 0.3 is 0 Å². The predicted octanol–water partition coefficient (Wildman–Crippen LogP) is 4.29. The highest BCUT2D eigenvalue weighted by Gasteiger charge is 2.12. The number of carbonyl (C=O) groups excluding carboxylic acids is 2. The topological polar surface area (TPSA) is 58.2 Å². The number of hydrogen-bond acceptors (Lipinski definition) is 2. The molecule has 2 N–H and O–H groups in total. The molecule has 2 rings (SSSR count). The Kier molecular flexibility index (Phi) is 5.93. The van der Waals surface area contributed by atoms with E-state index in [1.165, 1.54) is 0 Å². The van der Waals surface area contributed by atoms with E-state index < -0.39 is 0 Å². The van der Waals surface area contributed by atoms with Crippen LogP contribution >= 0.6 is 15.9 Å². The Morgan fingerprint density at radius 1 is 1.13 bits per heavy atom. The normalized spacial score (nSPS) is 11.6. The van der Waals surface area contributed by atoms with Gasteiger partial charge in [0.1, 0.15) is 0 Å². The molecular formula is C18H19BrN2O2. The maximum Gasteiger partial charge on any atom is 0.251 e. The van der Waals surface area contributed by atoms with Crippen molar-refractivity contribution in [2.24, 2.45) is 0 Å². The van der Waals surface area contributed by atoms with Crippen LogP contribution in [0.25, 0.3) is 0 Å². The SMILES string of the molecule is CCC(=O)Nc1cccc(C(=O)NC(C)c2ccc(Br)cc2)c1. The van der Waals surface area contributed by atoms with Gasteiger partial charge in [-0.25, -0.2) is 0 Å². The zero-order chi connectivity index (χ0) is 16.8. The molecule has 120 valence electrons. The lowest BCUT2D eigenvalue weighted by atomic mass is 10.1. The third-order valence-electron chi connectivity index (χ3n) is 3.45. The van der Waals surface area contributed by atoms with Gasteiger partial charge in [-0.2, -0.15) is 0 Å². The molecule has 2 aromatic carbocycles. The van der Waals surface area contributed by atoms with Crippen LogP contribution in [-0.4, -0.2) is 11.8 Å². The Balaban J connectivity index is 2.06. The lowest BCUT2D eigenvalue weighted by Gasteiger charge is -2.15. The molecule has 0 spiro atoms. The summed E-state index contributed by atoms with van der Waals surface area (Å²) in [5.74, 6) is -0.251. The van der Waals surface area contributed by atoms with E-state index in [4.69, 9.17) is 0 Å². The molecular weight excluding hydrogens is 356 g/mol. The molecule has 1 unspecified atom stereocenters. The minimum Gasteiger partial charge on any atom is -0.346 e. The minimum absolute atomic E-state index is 0.0780. The summed E-state index contributed by atoms with van der Waals surface area (Å²) in [6.45, 7) is 3.72. The standard InChI is InChI=1S/C18H19BrN2O2/c1-3-17(22)21-16-6-4-5-14(11-16)18(23)20-12(2)13-7-9-15(19)10-8-13/h4-12H,3H2,1-2H3,(H,20,23)(H,21,22). The molecule has 23 heavy (non-hydrogen) atoms. The minimum atomic E-state index is -0.173. The van der Waals surface area contributed by atoms with E-state index in [1.807, 2.05) is 31.2 Å². The second kappa shape index (κ2) is 7.92. The zero-order valence-electron chi connectivity index (χ0n) is 13.1. The van der Waals surface area contributed by atoms with E-state index in [0.29, 0.717) is 17.7 Å². The molecule has 0 bridgehead atoms. The van der Waals surface area contributed by atoms with Gasteiger partial charge in [-0.15, -0.1) is 0 Å². The molecule has 0 heterocycles.